The van der Waals surface area contributed by atoms with Gasteiger partial charge in [-0.3, -0.25) is 9.59 Å². The molecule has 0 atom stereocenters. The minimum atomic E-state index is -5.09. The van der Waals surface area contributed by atoms with E-state index in [9.17, 15) is 27.6 Å². The third kappa shape index (κ3) is 6.38. The van der Waals surface area contributed by atoms with E-state index >= 15 is 0 Å². The standard InChI is InChI=1S/C28H21F3O8/c1-3-36-27(34)17-6-10-19(11-7-17)38-25-24(33)21-13-12-20(15-22(21)39-26(25)28(29,30)31)37-23(32)14-16-4-8-18(35-2)9-5-16/h4-13,15H,3,14H2,1-2H3. The van der Waals surface area contributed by atoms with Crippen LogP contribution in [0.3, 0.4) is 0 Å². The van der Waals surface area contributed by atoms with Crippen LogP contribution in [0, 0.1) is 0 Å². The van der Waals surface area contributed by atoms with Gasteiger partial charge in [0.25, 0.3) is 5.76 Å². The van der Waals surface area contributed by atoms with Gasteiger partial charge in [0.15, 0.2) is 0 Å². The molecule has 1 heterocycles. The smallest absolute Gasteiger partial charge is 0.453 e. The van der Waals surface area contributed by atoms with E-state index in [0.29, 0.717) is 11.3 Å². The summed E-state index contributed by atoms with van der Waals surface area (Å²) in [5.41, 5.74) is -0.759. The number of rotatable bonds is 8. The number of carbonyl (C=O) groups is 2. The van der Waals surface area contributed by atoms with Crippen LogP contribution >= 0.6 is 0 Å². The minimum absolute atomic E-state index is 0.110. The minimum Gasteiger partial charge on any atom is -0.497 e. The van der Waals surface area contributed by atoms with Crippen molar-refractivity contribution in [1.29, 1.82) is 0 Å². The quantitative estimate of drug-likeness (QED) is 0.199. The molecule has 0 N–H and O–H groups in total. The molecule has 0 spiro atoms. The first-order valence-electron chi connectivity index (χ1n) is 11.6. The Kier molecular flexibility index (Phi) is 7.89. The number of ether oxygens (including phenoxy) is 4. The van der Waals surface area contributed by atoms with Gasteiger partial charge in [-0.25, -0.2) is 4.79 Å². The Labute approximate surface area is 219 Å². The van der Waals surface area contributed by atoms with Gasteiger partial charge < -0.3 is 23.4 Å². The van der Waals surface area contributed by atoms with Gasteiger partial charge in [0.05, 0.1) is 31.1 Å². The number of methoxy groups -OCH3 is 1. The van der Waals surface area contributed by atoms with Gasteiger partial charge in [0.1, 0.15) is 22.8 Å². The zero-order valence-corrected chi connectivity index (χ0v) is 20.7. The molecule has 0 unspecified atom stereocenters. The number of fused-ring (bicyclic) bond motifs is 1. The van der Waals surface area contributed by atoms with Crippen molar-refractivity contribution >= 4 is 22.9 Å². The first-order chi connectivity index (χ1) is 18.6. The summed E-state index contributed by atoms with van der Waals surface area (Å²) in [4.78, 5) is 37.2. The summed E-state index contributed by atoms with van der Waals surface area (Å²) < 4.78 is 67.0. The maximum atomic E-state index is 13.9. The zero-order chi connectivity index (χ0) is 28.2. The summed E-state index contributed by atoms with van der Waals surface area (Å²) in [6.07, 6.45) is -5.20. The predicted octanol–water partition coefficient (Wildman–Crippen LogP) is 5.94. The monoisotopic (exact) mass is 542 g/mol. The molecule has 0 radical (unpaired) electrons. The van der Waals surface area contributed by atoms with Gasteiger partial charge in [-0.15, -0.1) is 0 Å². The Morgan fingerprint density at radius 1 is 0.897 bits per heavy atom. The zero-order valence-electron chi connectivity index (χ0n) is 20.7. The van der Waals surface area contributed by atoms with Crippen LogP contribution in [0.4, 0.5) is 13.2 Å². The molecule has 0 aliphatic rings. The van der Waals surface area contributed by atoms with Gasteiger partial charge >= 0.3 is 18.1 Å². The van der Waals surface area contributed by atoms with E-state index in [2.05, 4.69) is 0 Å². The lowest BCUT2D eigenvalue weighted by molar-refractivity contribution is -0.154. The molecular weight excluding hydrogens is 521 g/mol. The number of halogens is 3. The Bertz CT molecular complexity index is 1560. The molecule has 0 aliphatic carbocycles. The Balaban J connectivity index is 1.61. The summed E-state index contributed by atoms with van der Waals surface area (Å²) in [6, 6.07) is 15.2. The van der Waals surface area contributed by atoms with Gasteiger partial charge in [-0.05, 0) is 61.0 Å². The lowest BCUT2D eigenvalue weighted by Gasteiger charge is -2.14. The highest BCUT2D eigenvalue weighted by atomic mass is 19.4. The lowest BCUT2D eigenvalue weighted by atomic mass is 10.1. The Morgan fingerprint density at radius 3 is 2.15 bits per heavy atom. The van der Waals surface area contributed by atoms with Gasteiger partial charge in [0.2, 0.25) is 11.2 Å². The van der Waals surface area contributed by atoms with Crippen molar-refractivity contribution in [2.75, 3.05) is 13.7 Å². The average Bonchev–Trinajstić information content (AvgIpc) is 2.90. The van der Waals surface area contributed by atoms with Gasteiger partial charge in [0, 0.05) is 6.07 Å². The first-order valence-corrected chi connectivity index (χ1v) is 11.6. The van der Waals surface area contributed by atoms with E-state index < -0.39 is 40.6 Å². The topological polar surface area (TPSA) is 101 Å². The van der Waals surface area contributed by atoms with Crippen molar-refractivity contribution in [3.05, 3.63) is 93.8 Å². The summed E-state index contributed by atoms with van der Waals surface area (Å²) >= 11 is 0. The highest BCUT2D eigenvalue weighted by molar-refractivity contribution is 5.89. The van der Waals surface area contributed by atoms with Crippen LogP contribution < -0.4 is 19.6 Å². The number of hydrogen-bond acceptors (Lipinski definition) is 8. The van der Waals surface area contributed by atoms with Crippen LogP contribution in [0.1, 0.15) is 28.6 Å². The van der Waals surface area contributed by atoms with Crippen LogP contribution in [0.15, 0.2) is 75.9 Å². The Hall–Kier alpha value is -4.80. The van der Waals surface area contributed by atoms with Crippen molar-refractivity contribution < 1.29 is 46.1 Å². The molecule has 11 heteroatoms. The van der Waals surface area contributed by atoms with Crippen molar-refractivity contribution in [3.63, 3.8) is 0 Å². The normalized spacial score (nSPS) is 11.2. The fourth-order valence-corrected chi connectivity index (χ4v) is 3.57. The molecule has 3 aromatic carbocycles. The van der Waals surface area contributed by atoms with E-state index in [0.717, 1.165) is 6.07 Å². The Morgan fingerprint density at radius 2 is 1.54 bits per heavy atom. The molecule has 39 heavy (non-hydrogen) atoms. The SMILES string of the molecule is CCOC(=O)c1ccc(Oc2c(C(F)(F)F)oc3cc(OC(=O)Cc4ccc(OC)cc4)ccc3c2=O)cc1. The molecule has 0 amide bonds. The molecule has 0 fully saturated rings. The van der Waals surface area contributed by atoms with E-state index in [1.807, 2.05) is 0 Å². The molecule has 0 saturated carbocycles. The van der Waals surface area contributed by atoms with Crippen molar-refractivity contribution in [3.8, 4) is 23.0 Å². The number of esters is 2. The number of benzene rings is 3. The van der Waals surface area contributed by atoms with Crippen LogP contribution in [0.25, 0.3) is 11.0 Å². The summed E-state index contributed by atoms with van der Waals surface area (Å²) in [6.45, 7) is 1.77. The molecule has 4 rings (SSSR count). The molecule has 0 saturated heterocycles. The van der Waals surface area contributed by atoms with Crippen molar-refractivity contribution in [1.82, 2.24) is 0 Å². The molecule has 0 bridgehead atoms. The predicted molar refractivity (Wildman–Crippen MR) is 132 cm³/mol. The lowest BCUT2D eigenvalue weighted by Crippen LogP contribution is -2.16. The molecular formula is C28H21F3O8. The molecule has 0 aliphatic heterocycles. The maximum Gasteiger partial charge on any atom is 0.453 e. The van der Waals surface area contributed by atoms with Gasteiger partial charge in [-0.1, -0.05) is 12.1 Å². The molecule has 4 aromatic rings. The van der Waals surface area contributed by atoms with E-state index in [-0.39, 0.29) is 35.5 Å². The maximum absolute atomic E-state index is 13.9. The van der Waals surface area contributed by atoms with Crippen LogP contribution in [-0.2, 0) is 22.1 Å². The number of alkyl halides is 3. The van der Waals surface area contributed by atoms with Crippen molar-refractivity contribution in [2.45, 2.75) is 19.5 Å². The summed E-state index contributed by atoms with van der Waals surface area (Å²) in [5.74, 6) is -3.69. The molecule has 8 nitrogen and oxygen atoms in total. The third-order valence-electron chi connectivity index (χ3n) is 5.40. The second-order valence-corrected chi connectivity index (χ2v) is 8.09. The molecule has 202 valence electrons. The van der Waals surface area contributed by atoms with E-state index in [1.165, 1.54) is 43.5 Å². The summed E-state index contributed by atoms with van der Waals surface area (Å²) in [7, 11) is 1.51. The van der Waals surface area contributed by atoms with E-state index in [1.54, 1.807) is 31.2 Å². The first kappa shape index (κ1) is 27.2. The van der Waals surface area contributed by atoms with Gasteiger partial charge in [-0.2, -0.15) is 13.2 Å². The average molecular weight is 542 g/mol. The highest BCUT2D eigenvalue weighted by Gasteiger charge is 2.40. The van der Waals surface area contributed by atoms with Crippen LogP contribution in [-0.4, -0.2) is 25.7 Å². The summed E-state index contributed by atoms with van der Waals surface area (Å²) in [5, 5.41) is -0.226. The third-order valence-corrected chi connectivity index (χ3v) is 5.40. The fourth-order valence-electron chi connectivity index (χ4n) is 3.57. The largest absolute Gasteiger partial charge is 0.497 e. The van der Waals surface area contributed by atoms with Crippen LogP contribution in [0.2, 0.25) is 0 Å². The number of hydrogen-bond donors (Lipinski definition) is 0. The molecule has 1 aromatic heterocycles. The van der Waals surface area contributed by atoms with Crippen molar-refractivity contribution in [2.24, 2.45) is 0 Å². The van der Waals surface area contributed by atoms with E-state index in [4.69, 9.17) is 23.4 Å². The highest BCUT2D eigenvalue weighted by Crippen LogP contribution is 2.38. The second kappa shape index (κ2) is 11.3. The fraction of sp³-hybridized carbons (Fsp3) is 0.179. The second-order valence-electron chi connectivity index (χ2n) is 8.09. The van der Waals surface area contributed by atoms with Crippen LogP contribution in [0.5, 0.6) is 23.0 Å². The number of carbonyl (C=O) groups excluding carboxylic acids is 2.